The number of nitrogens with one attached hydrogen (secondary N) is 1. The molecule has 1 aliphatic rings. The molecule has 2 N–H and O–H groups in total. The first kappa shape index (κ1) is 19.1. The van der Waals surface area contributed by atoms with Crippen LogP contribution in [0, 0.1) is 0 Å². The van der Waals surface area contributed by atoms with Crippen LogP contribution in [0.1, 0.15) is 10.4 Å². The van der Waals surface area contributed by atoms with Crippen LogP contribution in [0.15, 0.2) is 65.5 Å². The van der Waals surface area contributed by atoms with Crippen molar-refractivity contribution in [1.82, 2.24) is 4.98 Å². The SMILES string of the molecule is O=C(O)c1ccc(-c2ccc(N3CCN(c4cccc(Cl)c4)CC3)cc2)[nH]c1=O. The van der Waals surface area contributed by atoms with E-state index < -0.39 is 11.5 Å². The second kappa shape index (κ2) is 8.01. The van der Waals surface area contributed by atoms with E-state index in [4.69, 9.17) is 16.7 Å². The number of hydrogen-bond donors (Lipinski definition) is 2. The van der Waals surface area contributed by atoms with Crippen molar-refractivity contribution in [2.45, 2.75) is 0 Å². The molecule has 0 spiro atoms. The molecule has 148 valence electrons. The van der Waals surface area contributed by atoms with Gasteiger partial charge in [0.1, 0.15) is 5.56 Å². The zero-order valence-electron chi connectivity index (χ0n) is 15.6. The fourth-order valence-corrected chi connectivity index (χ4v) is 3.74. The Morgan fingerprint density at radius 2 is 1.55 bits per heavy atom. The summed E-state index contributed by atoms with van der Waals surface area (Å²) in [5, 5.41) is 9.72. The summed E-state index contributed by atoms with van der Waals surface area (Å²) in [6.07, 6.45) is 0. The number of carboxylic acid groups (broad SMARTS) is 1. The normalized spacial score (nSPS) is 14.1. The van der Waals surface area contributed by atoms with Gasteiger partial charge in [-0.15, -0.1) is 0 Å². The number of aromatic nitrogens is 1. The fraction of sp³-hybridized carbons (Fsp3) is 0.182. The van der Waals surface area contributed by atoms with E-state index in [0.29, 0.717) is 5.69 Å². The third-order valence-electron chi connectivity index (χ3n) is 5.14. The van der Waals surface area contributed by atoms with Gasteiger partial charge in [-0.05, 0) is 48.0 Å². The van der Waals surface area contributed by atoms with E-state index in [-0.39, 0.29) is 5.56 Å². The summed E-state index contributed by atoms with van der Waals surface area (Å²) in [5.41, 5.74) is 2.82. The lowest BCUT2D eigenvalue weighted by molar-refractivity contribution is 0.0695. The first-order chi connectivity index (χ1) is 14.0. The number of H-pyrrole nitrogens is 1. The van der Waals surface area contributed by atoms with Crippen LogP contribution in [0.4, 0.5) is 11.4 Å². The van der Waals surface area contributed by atoms with Crippen LogP contribution >= 0.6 is 11.6 Å². The number of aromatic amines is 1. The molecule has 0 saturated carbocycles. The van der Waals surface area contributed by atoms with Gasteiger partial charge in [0.15, 0.2) is 0 Å². The Balaban J connectivity index is 1.44. The van der Waals surface area contributed by atoms with Crippen molar-refractivity contribution in [1.29, 1.82) is 0 Å². The second-order valence-corrected chi connectivity index (χ2v) is 7.36. The van der Waals surface area contributed by atoms with Crippen molar-refractivity contribution in [3.63, 3.8) is 0 Å². The number of benzene rings is 2. The van der Waals surface area contributed by atoms with E-state index in [1.807, 2.05) is 42.5 Å². The van der Waals surface area contributed by atoms with E-state index in [1.165, 1.54) is 6.07 Å². The minimum absolute atomic E-state index is 0.261. The molecule has 2 heterocycles. The molecule has 0 radical (unpaired) electrons. The average Bonchev–Trinajstić information content (AvgIpc) is 2.74. The highest BCUT2D eigenvalue weighted by Crippen LogP contribution is 2.25. The number of anilines is 2. The van der Waals surface area contributed by atoms with Crippen LogP contribution < -0.4 is 15.4 Å². The number of carboxylic acids is 1. The summed E-state index contributed by atoms with van der Waals surface area (Å²) in [6.45, 7) is 3.62. The fourth-order valence-electron chi connectivity index (χ4n) is 3.56. The van der Waals surface area contributed by atoms with E-state index >= 15 is 0 Å². The van der Waals surface area contributed by atoms with Gasteiger partial charge in [-0.1, -0.05) is 29.8 Å². The second-order valence-electron chi connectivity index (χ2n) is 6.92. The molecule has 0 atom stereocenters. The van der Waals surface area contributed by atoms with Crippen LogP contribution in [-0.4, -0.2) is 42.2 Å². The molecule has 0 aliphatic carbocycles. The van der Waals surface area contributed by atoms with Crippen molar-refractivity contribution in [3.8, 4) is 11.3 Å². The molecule has 0 bridgehead atoms. The molecule has 1 saturated heterocycles. The van der Waals surface area contributed by atoms with Crippen LogP contribution in [0.5, 0.6) is 0 Å². The largest absolute Gasteiger partial charge is 0.477 e. The first-order valence-corrected chi connectivity index (χ1v) is 9.71. The molecular weight excluding hydrogens is 390 g/mol. The van der Waals surface area contributed by atoms with Gasteiger partial charge in [0, 0.05) is 48.3 Å². The molecule has 29 heavy (non-hydrogen) atoms. The van der Waals surface area contributed by atoms with Crippen molar-refractivity contribution in [3.05, 3.63) is 81.6 Å². The third-order valence-corrected chi connectivity index (χ3v) is 5.37. The van der Waals surface area contributed by atoms with Gasteiger partial charge in [-0.25, -0.2) is 4.79 Å². The monoisotopic (exact) mass is 409 g/mol. The molecule has 6 nitrogen and oxygen atoms in total. The molecule has 2 aromatic carbocycles. The summed E-state index contributed by atoms with van der Waals surface area (Å²) in [6, 6.07) is 18.8. The molecule has 3 aromatic rings. The Labute approximate surface area is 173 Å². The Bertz CT molecular complexity index is 1090. The van der Waals surface area contributed by atoms with Crippen molar-refractivity contribution in [2.75, 3.05) is 36.0 Å². The zero-order chi connectivity index (χ0) is 20.4. The number of aromatic carboxylic acids is 1. The van der Waals surface area contributed by atoms with E-state index in [0.717, 1.165) is 48.1 Å². The quantitative estimate of drug-likeness (QED) is 0.686. The highest BCUT2D eigenvalue weighted by Gasteiger charge is 2.18. The molecule has 0 unspecified atom stereocenters. The summed E-state index contributed by atoms with van der Waals surface area (Å²) < 4.78 is 0. The maximum atomic E-state index is 11.9. The lowest BCUT2D eigenvalue weighted by Crippen LogP contribution is -2.46. The summed E-state index contributed by atoms with van der Waals surface area (Å²) >= 11 is 6.10. The van der Waals surface area contributed by atoms with Gasteiger partial charge in [0.25, 0.3) is 5.56 Å². The van der Waals surface area contributed by atoms with Crippen molar-refractivity contribution < 1.29 is 9.90 Å². The van der Waals surface area contributed by atoms with Crippen LogP contribution in [0.2, 0.25) is 5.02 Å². The van der Waals surface area contributed by atoms with Crippen LogP contribution in [0.3, 0.4) is 0 Å². The van der Waals surface area contributed by atoms with Crippen LogP contribution in [-0.2, 0) is 0 Å². The Kier molecular flexibility index (Phi) is 5.27. The number of nitrogens with zero attached hydrogens (tertiary/aromatic N) is 2. The highest BCUT2D eigenvalue weighted by atomic mass is 35.5. The standard InChI is InChI=1S/C22H20ClN3O3/c23-16-2-1-3-18(14-16)26-12-10-25(11-13-26)17-6-4-15(5-7-17)20-9-8-19(22(28)29)21(27)24-20/h1-9,14H,10-13H2,(H,24,27)(H,28,29). The number of pyridine rings is 1. The van der Waals surface area contributed by atoms with E-state index in [9.17, 15) is 9.59 Å². The lowest BCUT2D eigenvalue weighted by Gasteiger charge is -2.37. The molecule has 1 aliphatic heterocycles. The maximum Gasteiger partial charge on any atom is 0.341 e. The van der Waals surface area contributed by atoms with Crippen LogP contribution in [0.25, 0.3) is 11.3 Å². The van der Waals surface area contributed by atoms with Gasteiger partial charge < -0.3 is 19.9 Å². The number of piperazine rings is 1. The zero-order valence-corrected chi connectivity index (χ0v) is 16.4. The van der Waals surface area contributed by atoms with E-state index in [2.05, 4.69) is 20.9 Å². The molecule has 4 rings (SSSR count). The maximum absolute atomic E-state index is 11.9. The average molecular weight is 410 g/mol. The van der Waals surface area contributed by atoms with Gasteiger partial charge in [-0.3, -0.25) is 4.79 Å². The smallest absolute Gasteiger partial charge is 0.341 e. The molecule has 7 heteroatoms. The minimum atomic E-state index is -1.23. The summed E-state index contributed by atoms with van der Waals surface area (Å²) in [7, 11) is 0. The third kappa shape index (κ3) is 4.12. The predicted molar refractivity (Wildman–Crippen MR) is 115 cm³/mol. The van der Waals surface area contributed by atoms with Gasteiger partial charge in [0.2, 0.25) is 0 Å². The number of halogens is 1. The minimum Gasteiger partial charge on any atom is -0.477 e. The topological polar surface area (TPSA) is 76.6 Å². The summed E-state index contributed by atoms with van der Waals surface area (Å²) in [4.78, 5) is 30.1. The predicted octanol–water partition coefficient (Wildman–Crippen LogP) is 3.72. The van der Waals surface area contributed by atoms with Gasteiger partial charge in [0.05, 0.1) is 0 Å². The highest BCUT2D eigenvalue weighted by molar-refractivity contribution is 6.30. The summed E-state index contributed by atoms with van der Waals surface area (Å²) in [5.74, 6) is -1.23. The number of rotatable bonds is 4. The Hall–Kier alpha value is -3.25. The Morgan fingerprint density at radius 1 is 0.897 bits per heavy atom. The molecule has 0 amide bonds. The van der Waals surface area contributed by atoms with Gasteiger partial charge in [-0.2, -0.15) is 0 Å². The number of carbonyl (C=O) groups is 1. The van der Waals surface area contributed by atoms with Gasteiger partial charge >= 0.3 is 5.97 Å². The molecule has 1 aromatic heterocycles. The Morgan fingerprint density at radius 3 is 2.14 bits per heavy atom. The van der Waals surface area contributed by atoms with Crippen molar-refractivity contribution in [2.24, 2.45) is 0 Å². The van der Waals surface area contributed by atoms with Crippen molar-refractivity contribution >= 4 is 28.9 Å². The lowest BCUT2D eigenvalue weighted by atomic mass is 10.1. The number of hydrogen-bond acceptors (Lipinski definition) is 4. The molecule has 1 fully saturated rings. The first-order valence-electron chi connectivity index (χ1n) is 9.34. The van der Waals surface area contributed by atoms with E-state index in [1.54, 1.807) is 6.07 Å². The molecular formula is C22H20ClN3O3.